The number of methoxy groups -OCH3 is 1. The van der Waals surface area contributed by atoms with Crippen LogP contribution in [-0.4, -0.2) is 83.4 Å². The van der Waals surface area contributed by atoms with Crippen molar-refractivity contribution in [1.82, 2.24) is 15.2 Å². The van der Waals surface area contributed by atoms with E-state index in [4.69, 9.17) is 23.7 Å². The lowest BCUT2D eigenvalue weighted by Crippen LogP contribution is -2.44. The van der Waals surface area contributed by atoms with Crippen molar-refractivity contribution in [2.24, 2.45) is 0 Å². The number of ether oxygens (including phenoxy) is 5. The molecule has 0 saturated heterocycles. The number of hydrogen-bond donors (Lipinski definition) is 2. The summed E-state index contributed by atoms with van der Waals surface area (Å²) in [5, 5.41) is 22.2. The van der Waals surface area contributed by atoms with Gasteiger partial charge in [0.1, 0.15) is 40.5 Å². The number of imide groups is 1. The summed E-state index contributed by atoms with van der Waals surface area (Å²) in [6.45, 7) is 16.0. The summed E-state index contributed by atoms with van der Waals surface area (Å²) >= 11 is 0. The van der Waals surface area contributed by atoms with Gasteiger partial charge in [0.15, 0.2) is 11.6 Å². The highest BCUT2D eigenvalue weighted by molar-refractivity contribution is 6.25. The fraction of sp³-hybridized carbons (Fsp3) is 0.513. The Bertz CT molecular complexity index is 1850. The molecule has 2 aromatic rings. The Labute approximate surface area is 321 Å². The van der Waals surface area contributed by atoms with Gasteiger partial charge < -0.3 is 34.4 Å². The number of pyridine rings is 1. The summed E-state index contributed by atoms with van der Waals surface area (Å²) in [5.41, 5.74) is -3.07. The van der Waals surface area contributed by atoms with E-state index in [2.05, 4.69) is 10.3 Å². The van der Waals surface area contributed by atoms with E-state index < -0.39 is 58.8 Å². The molecule has 16 heteroatoms. The Morgan fingerprint density at radius 2 is 1.51 bits per heavy atom. The average molecular weight is 767 g/mol. The summed E-state index contributed by atoms with van der Waals surface area (Å²) in [7, 11) is 2.64. The van der Waals surface area contributed by atoms with Gasteiger partial charge in [0, 0.05) is 36.0 Å². The van der Waals surface area contributed by atoms with Crippen molar-refractivity contribution in [3.8, 4) is 11.8 Å². The van der Waals surface area contributed by atoms with E-state index in [9.17, 15) is 34.2 Å². The molecule has 1 atom stereocenters. The minimum atomic E-state index is -1.17. The summed E-state index contributed by atoms with van der Waals surface area (Å²) < 4.78 is 42.6. The lowest BCUT2D eigenvalue weighted by Gasteiger charge is -2.30. The van der Waals surface area contributed by atoms with Gasteiger partial charge in [-0.15, -0.1) is 0 Å². The van der Waals surface area contributed by atoms with Gasteiger partial charge in [-0.1, -0.05) is 0 Å². The SMILES string of the molecule is CN/C(C#N)=C(\C(=N)CN(C(=O)OC(C)(C)C)C1CC1)c1cnc(N(C(=O)OC(C)(C)C)C(=O)OC(C)(C)C)c(O[C@H](C)c2cc(F)ccc2C(=O)OC)c1. The smallest absolute Gasteiger partial charge is 0.425 e. The van der Waals surface area contributed by atoms with Gasteiger partial charge in [0.25, 0.3) is 0 Å². The van der Waals surface area contributed by atoms with E-state index in [0.29, 0.717) is 17.7 Å². The Kier molecular flexibility index (Phi) is 13.6. The third-order valence-corrected chi connectivity index (χ3v) is 7.50. The molecule has 0 bridgehead atoms. The number of nitriles is 1. The lowest BCUT2D eigenvalue weighted by atomic mass is 9.99. The molecule has 1 saturated carbocycles. The van der Waals surface area contributed by atoms with Crippen LogP contribution in [0.5, 0.6) is 5.75 Å². The zero-order chi connectivity index (χ0) is 41.6. The third-order valence-electron chi connectivity index (χ3n) is 7.50. The predicted molar refractivity (Wildman–Crippen MR) is 201 cm³/mol. The number of halogens is 1. The van der Waals surface area contributed by atoms with Crippen LogP contribution in [-0.2, 0) is 18.9 Å². The molecule has 2 N–H and O–H groups in total. The predicted octanol–water partition coefficient (Wildman–Crippen LogP) is 7.70. The van der Waals surface area contributed by atoms with Crippen molar-refractivity contribution in [3.63, 3.8) is 0 Å². The Hall–Kier alpha value is -5.72. The number of carbonyl (C=O) groups excluding carboxylic acids is 4. The molecule has 298 valence electrons. The number of aromatic nitrogens is 1. The van der Waals surface area contributed by atoms with Crippen LogP contribution in [0.3, 0.4) is 0 Å². The van der Waals surface area contributed by atoms with Gasteiger partial charge >= 0.3 is 24.2 Å². The summed E-state index contributed by atoms with van der Waals surface area (Å²) in [6.07, 6.45) is -1.52. The number of nitrogens with zero attached hydrogens (tertiary/aromatic N) is 4. The van der Waals surface area contributed by atoms with E-state index >= 15 is 0 Å². The zero-order valence-electron chi connectivity index (χ0n) is 33.5. The monoisotopic (exact) mass is 766 g/mol. The van der Waals surface area contributed by atoms with Gasteiger partial charge in [-0.05, 0) is 106 Å². The highest BCUT2D eigenvalue weighted by Gasteiger charge is 2.39. The van der Waals surface area contributed by atoms with Gasteiger partial charge in [-0.25, -0.2) is 28.6 Å². The van der Waals surface area contributed by atoms with E-state index in [1.54, 1.807) is 62.3 Å². The standard InChI is InChI=1S/C39H51FN6O9/c1-22(27-18-24(40)13-16-26(27)33(47)51-12)52-30-17-23(20-44-32(30)46(35(49)54-38(5,6)7)36(50)55-39(8,9)10)31(29(19-41)43-11)28(42)21-45(25-14-15-25)34(48)53-37(2,3)4/h13,16-18,20,22,25,42-43H,14-15,21H2,1-12H3/b31-29-,42-28?/t22-/m1/s1. The molecular weight excluding hydrogens is 715 g/mol. The molecule has 1 aliphatic carbocycles. The lowest BCUT2D eigenvalue weighted by molar-refractivity contribution is 0.0263. The van der Waals surface area contributed by atoms with Crippen molar-refractivity contribution < 1.29 is 47.3 Å². The van der Waals surface area contributed by atoms with Crippen molar-refractivity contribution >= 4 is 41.4 Å². The number of rotatable bonds is 11. The molecule has 3 amide bonds. The molecule has 1 aromatic carbocycles. The Balaban J connectivity index is 2.31. The van der Waals surface area contributed by atoms with Gasteiger partial charge in [-0.2, -0.15) is 10.2 Å². The first-order valence-electron chi connectivity index (χ1n) is 17.6. The average Bonchev–Trinajstić information content (AvgIpc) is 3.89. The zero-order valence-corrected chi connectivity index (χ0v) is 33.5. The maximum absolute atomic E-state index is 14.6. The minimum absolute atomic E-state index is 0.0119. The molecule has 1 fully saturated rings. The van der Waals surface area contributed by atoms with Gasteiger partial charge in [0.2, 0.25) is 0 Å². The first-order chi connectivity index (χ1) is 25.4. The number of benzene rings is 1. The summed E-state index contributed by atoms with van der Waals surface area (Å²) in [4.78, 5) is 59.8. The first-order valence-corrected chi connectivity index (χ1v) is 17.6. The van der Waals surface area contributed by atoms with E-state index in [1.807, 2.05) is 6.07 Å². The maximum Gasteiger partial charge on any atom is 0.425 e. The second-order valence-electron chi connectivity index (χ2n) is 15.8. The normalized spacial score (nSPS) is 14.0. The van der Waals surface area contributed by atoms with Crippen LogP contribution < -0.4 is 15.0 Å². The van der Waals surface area contributed by atoms with Crippen LogP contribution in [0.4, 0.5) is 24.6 Å². The molecular formula is C39H51FN6O9. The molecule has 0 unspecified atom stereocenters. The summed E-state index contributed by atoms with van der Waals surface area (Å²) in [5.74, 6) is -2.17. The third kappa shape index (κ3) is 12.1. The molecule has 0 spiro atoms. The first kappa shape index (κ1) is 43.7. The molecule has 55 heavy (non-hydrogen) atoms. The number of allylic oxidation sites excluding steroid dienone is 1. The number of amides is 3. The van der Waals surface area contributed by atoms with E-state index in [-0.39, 0.29) is 52.0 Å². The number of carbonyl (C=O) groups is 4. The van der Waals surface area contributed by atoms with Crippen molar-refractivity contribution in [2.45, 2.75) is 111 Å². The van der Waals surface area contributed by atoms with Crippen LogP contribution in [0.25, 0.3) is 5.57 Å². The van der Waals surface area contributed by atoms with Crippen LogP contribution in [0.2, 0.25) is 0 Å². The Morgan fingerprint density at radius 3 is 1.98 bits per heavy atom. The van der Waals surface area contributed by atoms with Crippen molar-refractivity contribution in [2.75, 3.05) is 25.6 Å². The Morgan fingerprint density at radius 1 is 0.964 bits per heavy atom. The molecule has 1 aromatic heterocycles. The number of nitrogens with one attached hydrogen (secondary N) is 2. The van der Waals surface area contributed by atoms with Crippen LogP contribution in [0, 0.1) is 22.6 Å². The second kappa shape index (κ2) is 17.2. The minimum Gasteiger partial charge on any atom is -0.482 e. The number of anilines is 1. The highest BCUT2D eigenvalue weighted by atomic mass is 19.1. The fourth-order valence-electron chi connectivity index (χ4n) is 5.12. The van der Waals surface area contributed by atoms with Gasteiger partial charge in [0.05, 0.1) is 24.9 Å². The molecule has 15 nitrogen and oxygen atoms in total. The van der Waals surface area contributed by atoms with E-state index in [0.717, 1.165) is 19.2 Å². The second-order valence-corrected chi connectivity index (χ2v) is 15.8. The molecule has 1 aliphatic rings. The summed E-state index contributed by atoms with van der Waals surface area (Å²) in [6, 6.07) is 6.56. The molecule has 0 radical (unpaired) electrons. The van der Waals surface area contributed by atoms with Crippen molar-refractivity contribution in [3.05, 3.63) is 58.7 Å². The van der Waals surface area contributed by atoms with Crippen LogP contribution in [0.1, 0.15) is 110 Å². The van der Waals surface area contributed by atoms with Crippen LogP contribution >= 0.6 is 0 Å². The number of hydrogen-bond acceptors (Lipinski definition) is 13. The van der Waals surface area contributed by atoms with Crippen molar-refractivity contribution in [1.29, 1.82) is 10.7 Å². The topological polar surface area (TPSA) is 193 Å². The molecule has 1 heterocycles. The van der Waals surface area contributed by atoms with Crippen LogP contribution in [0.15, 0.2) is 36.2 Å². The maximum atomic E-state index is 14.6. The fourth-order valence-corrected chi connectivity index (χ4v) is 5.12. The quantitative estimate of drug-likeness (QED) is 0.0981. The molecule has 3 rings (SSSR count). The number of esters is 1. The highest BCUT2D eigenvalue weighted by Crippen LogP contribution is 2.37. The van der Waals surface area contributed by atoms with Gasteiger partial charge in [-0.3, -0.25) is 4.90 Å². The largest absolute Gasteiger partial charge is 0.482 e. The molecule has 0 aliphatic heterocycles. The van der Waals surface area contributed by atoms with E-state index in [1.165, 1.54) is 37.2 Å².